The van der Waals surface area contributed by atoms with Gasteiger partial charge in [0, 0.05) is 18.1 Å². The van der Waals surface area contributed by atoms with Gasteiger partial charge in [-0.1, -0.05) is 0 Å². The molecule has 18 heavy (non-hydrogen) atoms. The van der Waals surface area contributed by atoms with Crippen molar-refractivity contribution >= 4 is 32.2 Å². The minimum absolute atomic E-state index is 0.217. The van der Waals surface area contributed by atoms with Gasteiger partial charge < -0.3 is 5.32 Å². The molecule has 1 heterocycles. The lowest BCUT2D eigenvalue weighted by molar-refractivity contribution is 0.601. The second-order valence-electron chi connectivity index (χ2n) is 3.67. The van der Waals surface area contributed by atoms with Crippen LogP contribution in [-0.2, 0) is 10.0 Å². The Kier molecular flexibility index (Phi) is 3.53. The minimum Gasteiger partial charge on any atom is -0.388 e. The number of nitrogens with one attached hydrogen (secondary N) is 2. The Bertz CT molecular complexity index is 633. The van der Waals surface area contributed by atoms with Crippen molar-refractivity contribution in [3.05, 3.63) is 35.3 Å². The lowest BCUT2D eigenvalue weighted by atomic mass is 10.3. The van der Waals surface area contributed by atoms with Crippen LogP contribution in [0.3, 0.4) is 0 Å². The fourth-order valence-electron chi connectivity index (χ4n) is 1.38. The monoisotopic (exact) mass is 283 g/mol. The second-order valence-corrected chi connectivity index (χ2v) is 6.21. The van der Waals surface area contributed by atoms with Gasteiger partial charge in [0.05, 0.1) is 10.6 Å². The highest BCUT2D eigenvalue weighted by Gasteiger charge is 2.15. The number of hydrogen-bond acceptors (Lipinski definition) is 5. The molecule has 2 rings (SSSR count). The molecule has 2 N–H and O–H groups in total. The zero-order valence-corrected chi connectivity index (χ0v) is 11.6. The zero-order chi connectivity index (χ0) is 13.2. The van der Waals surface area contributed by atoms with E-state index in [9.17, 15) is 8.42 Å². The summed E-state index contributed by atoms with van der Waals surface area (Å²) in [4.78, 5) is 4.29. The van der Waals surface area contributed by atoms with Crippen molar-refractivity contribution < 1.29 is 8.42 Å². The summed E-state index contributed by atoms with van der Waals surface area (Å²) >= 11 is 1.27. The van der Waals surface area contributed by atoms with E-state index >= 15 is 0 Å². The number of hydrogen-bond donors (Lipinski definition) is 2. The molecule has 0 aliphatic heterocycles. The Morgan fingerprint density at radius 3 is 2.39 bits per heavy atom. The first-order valence-electron chi connectivity index (χ1n) is 5.24. The lowest BCUT2D eigenvalue weighted by Gasteiger charge is -2.06. The van der Waals surface area contributed by atoms with Crippen molar-refractivity contribution in [3.8, 4) is 0 Å². The van der Waals surface area contributed by atoms with Crippen LogP contribution in [0, 0.1) is 6.92 Å². The van der Waals surface area contributed by atoms with Crippen molar-refractivity contribution in [2.75, 3.05) is 17.1 Å². The Labute approximate surface area is 110 Å². The molecule has 0 atom stereocenters. The number of aryl methyl sites for hydroxylation is 1. The van der Waals surface area contributed by atoms with Crippen LogP contribution in [-0.4, -0.2) is 20.4 Å². The summed E-state index contributed by atoms with van der Waals surface area (Å²) in [5, 5.41) is 5.11. The number of rotatable bonds is 4. The highest BCUT2D eigenvalue weighted by Crippen LogP contribution is 2.20. The standard InChI is InChI=1S/C11H13N3O2S2/c1-8-7-17-11(13-8)14-18(15,16)10-5-3-9(12-2)4-6-10/h3-7,12H,1-2H3,(H,13,14). The maximum absolute atomic E-state index is 12.0. The number of anilines is 2. The molecule has 0 saturated heterocycles. The molecule has 0 saturated carbocycles. The van der Waals surface area contributed by atoms with E-state index in [1.54, 1.807) is 36.7 Å². The molecule has 0 unspecified atom stereocenters. The molecule has 7 heteroatoms. The Balaban J connectivity index is 2.24. The fraction of sp³-hybridized carbons (Fsp3) is 0.182. The Morgan fingerprint density at radius 1 is 1.22 bits per heavy atom. The molecule has 0 amide bonds. The number of benzene rings is 1. The third-order valence-corrected chi connectivity index (χ3v) is 4.65. The summed E-state index contributed by atoms with van der Waals surface area (Å²) in [6.07, 6.45) is 0. The van der Waals surface area contributed by atoms with Crippen molar-refractivity contribution in [3.63, 3.8) is 0 Å². The summed E-state index contributed by atoms with van der Waals surface area (Å²) in [7, 11) is -1.78. The average molecular weight is 283 g/mol. The highest BCUT2D eigenvalue weighted by atomic mass is 32.2. The van der Waals surface area contributed by atoms with Crippen LogP contribution >= 0.6 is 11.3 Å². The average Bonchev–Trinajstić information content (AvgIpc) is 2.74. The maximum atomic E-state index is 12.0. The van der Waals surface area contributed by atoms with Gasteiger partial charge in [-0.15, -0.1) is 11.3 Å². The molecular weight excluding hydrogens is 270 g/mol. The first kappa shape index (κ1) is 12.8. The molecule has 0 aliphatic rings. The van der Waals surface area contributed by atoms with Gasteiger partial charge in [0.1, 0.15) is 0 Å². The SMILES string of the molecule is CNc1ccc(S(=O)(=O)Nc2nc(C)cs2)cc1. The van der Waals surface area contributed by atoms with E-state index in [0.29, 0.717) is 5.13 Å². The van der Waals surface area contributed by atoms with Crippen LogP contribution in [0.2, 0.25) is 0 Å². The zero-order valence-electron chi connectivity index (χ0n) is 9.97. The molecule has 96 valence electrons. The minimum atomic E-state index is -3.55. The maximum Gasteiger partial charge on any atom is 0.263 e. The molecule has 0 aliphatic carbocycles. The predicted octanol–water partition coefficient (Wildman–Crippen LogP) is 2.29. The van der Waals surface area contributed by atoms with E-state index in [4.69, 9.17) is 0 Å². The third kappa shape index (κ3) is 2.80. The number of nitrogens with zero attached hydrogens (tertiary/aromatic N) is 1. The van der Waals surface area contributed by atoms with E-state index in [2.05, 4.69) is 15.0 Å². The van der Waals surface area contributed by atoms with Gasteiger partial charge in [0.25, 0.3) is 10.0 Å². The van der Waals surface area contributed by atoms with Gasteiger partial charge in [0.2, 0.25) is 0 Å². The van der Waals surface area contributed by atoms with Gasteiger partial charge in [-0.2, -0.15) is 0 Å². The van der Waals surface area contributed by atoms with Gasteiger partial charge in [-0.05, 0) is 31.2 Å². The van der Waals surface area contributed by atoms with Crippen molar-refractivity contribution in [1.82, 2.24) is 4.98 Å². The Morgan fingerprint density at radius 2 is 1.89 bits per heavy atom. The van der Waals surface area contributed by atoms with Gasteiger partial charge in [0.15, 0.2) is 5.13 Å². The smallest absolute Gasteiger partial charge is 0.263 e. The fourth-order valence-corrected chi connectivity index (χ4v) is 3.32. The van der Waals surface area contributed by atoms with E-state index in [1.165, 1.54) is 11.3 Å². The molecule has 5 nitrogen and oxygen atoms in total. The highest BCUT2D eigenvalue weighted by molar-refractivity contribution is 7.93. The molecular formula is C11H13N3O2S2. The first-order chi connectivity index (χ1) is 8.51. The molecule has 0 radical (unpaired) electrons. The summed E-state index contributed by atoms with van der Waals surface area (Å²) in [6.45, 7) is 1.82. The van der Waals surface area contributed by atoms with Crippen LogP contribution in [0.1, 0.15) is 5.69 Å². The summed E-state index contributed by atoms with van der Waals surface area (Å²) in [5.74, 6) is 0. The van der Waals surface area contributed by atoms with Gasteiger partial charge >= 0.3 is 0 Å². The lowest BCUT2D eigenvalue weighted by Crippen LogP contribution is -2.12. The van der Waals surface area contributed by atoms with E-state index in [1.807, 2.05) is 6.92 Å². The van der Waals surface area contributed by atoms with Crippen LogP contribution in [0.5, 0.6) is 0 Å². The van der Waals surface area contributed by atoms with Crippen molar-refractivity contribution in [2.24, 2.45) is 0 Å². The van der Waals surface area contributed by atoms with E-state index in [-0.39, 0.29) is 4.90 Å². The number of thiazole rings is 1. The van der Waals surface area contributed by atoms with Crippen molar-refractivity contribution in [2.45, 2.75) is 11.8 Å². The van der Waals surface area contributed by atoms with Crippen molar-refractivity contribution in [1.29, 1.82) is 0 Å². The normalized spacial score (nSPS) is 11.2. The van der Waals surface area contributed by atoms with E-state index in [0.717, 1.165) is 11.4 Å². The van der Waals surface area contributed by atoms with Gasteiger partial charge in [-0.3, -0.25) is 4.72 Å². The first-order valence-corrected chi connectivity index (χ1v) is 7.60. The molecule has 0 bridgehead atoms. The summed E-state index contributed by atoms with van der Waals surface area (Å²) < 4.78 is 26.5. The largest absolute Gasteiger partial charge is 0.388 e. The molecule has 2 aromatic rings. The molecule has 1 aromatic heterocycles. The number of aromatic nitrogens is 1. The molecule has 0 fully saturated rings. The van der Waals surface area contributed by atoms with E-state index < -0.39 is 10.0 Å². The predicted molar refractivity (Wildman–Crippen MR) is 73.6 cm³/mol. The Hall–Kier alpha value is -1.60. The molecule has 1 aromatic carbocycles. The van der Waals surface area contributed by atoms with Crippen LogP contribution < -0.4 is 10.0 Å². The third-order valence-electron chi connectivity index (χ3n) is 2.29. The summed E-state index contributed by atoms with van der Waals surface area (Å²) in [6, 6.07) is 6.52. The quantitative estimate of drug-likeness (QED) is 0.903. The van der Waals surface area contributed by atoms with Crippen LogP contribution in [0.4, 0.5) is 10.8 Å². The van der Waals surface area contributed by atoms with Crippen LogP contribution in [0.15, 0.2) is 34.5 Å². The van der Waals surface area contributed by atoms with Gasteiger partial charge in [-0.25, -0.2) is 13.4 Å². The number of sulfonamides is 1. The second kappa shape index (κ2) is 4.95. The summed E-state index contributed by atoms with van der Waals surface area (Å²) in [5.41, 5.74) is 1.65. The molecule has 0 spiro atoms. The topological polar surface area (TPSA) is 71.1 Å². The van der Waals surface area contributed by atoms with Crippen LogP contribution in [0.25, 0.3) is 0 Å².